The van der Waals surface area contributed by atoms with Crippen LogP contribution in [0.5, 0.6) is 5.88 Å². The quantitative estimate of drug-likeness (QED) is 0.779. The molecule has 1 aromatic heterocycles. The molecule has 0 saturated carbocycles. The van der Waals surface area contributed by atoms with Gasteiger partial charge < -0.3 is 15.6 Å². The van der Waals surface area contributed by atoms with Crippen LogP contribution in [0.15, 0.2) is 18.2 Å². The van der Waals surface area contributed by atoms with Gasteiger partial charge in [-0.15, -0.1) is 0 Å². The second-order valence-corrected chi connectivity index (χ2v) is 3.67. The highest BCUT2D eigenvalue weighted by molar-refractivity contribution is 5.68. The number of hydrogen-bond donors (Lipinski definition) is 2. The first-order valence-electron chi connectivity index (χ1n) is 5.03. The summed E-state index contributed by atoms with van der Waals surface area (Å²) in [6.07, 6.45) is -0.0299. The van der Waals surface area contributed by atoms with Gasteiger partial charge in [0.05, 0.1) is 13.5 Å². The Balaban J connectivity index is 2.95. The van der Waals surface area contributed by atoms with Gasteiger partial charge >= 0.3 is 5.97 Å². The molecule has 2 unspecified atom stereocenters. The molecule has 2 atom stereocenters. The number of aromatic nitrogens is 1. The zero-order valence-electron chi connectivity index (χ0n) is 9.38. The number of hydrogen-bond acceptors (Lipinski definition) is 4. The van der Waals surface area contributed by atoms with E-state index in [9.17, 15) is 4.79 Å². The minimum Gasteiger partial charge on any atom is -0.481 e. The molecule has 0 spiro atoms. The van der Waals surface area contributed by atoms with Crippen molar-refractivity contribution in [2.75, 3.05) is 7.11 Å². The van der Waals surface area contributed by atoms with Gasteiger partial charge in [0, 0.05) is 23.7 Å². The summed E-state index contributed by atoms with van der Waals surface area (Å²) >= 11 is 0. The summed E-state index contributed by atoms with van der Waals surface area (Å²) in [5.74, 6) is -0.715. The van der Waals surface area contributed by atoms with Crippen LogP contribution in [0.3, 0.4) is 0 Å². The number of carboxylic acids is 1. The van der Waals surface area contributed by atoms with E-state index in [1.54, 1.807) is 25.1 Å². The lowest BCUT2D eigenvalue weighted by Crippen LogP contribution is -2.27. The van der Waals surface area contributed by atoms with Crippen molar-refractivity contribution in [1.82, 2.24) is 4.98 Å². The first kappa shape index (κ1) is 12.4. The first-order valence-corrected chi connectivity index (χ1v) is 5.03. The zero-order valence-corrected chi connectivity index (χ0v) is 9.38. The predicted octanol–water partition coefficient (Wildman–Crippen LogP) is 0.996. The van der Waals surface area contributed by atoms with Gasteiger partial charge in [-0.05, 0) is 13.0 Å². The van der Waals surface area contributed by atoms with Crippen LogP contribution < -0.4 is 10.5 Å². The maximum absolute atomic E-state index is 10.7. The number of aliphatic carboxylic acids is 1. The Morgan fingerprint density at radius 2 is 2.31 bits per heavy atom. The summed E-state index contributed by atoms with van der Waals surface area (Å²) in [7, 11) is 1.52. The molecule has 0 bridgehead atoms. The average Bonchev–Trinajstić information content (AvgIpc) is 2.25. The van der Waals surface area contributed by atoms with Gasteiger partial charge in [-0.25, -0.2) is 4.98 Å². The zero-order chi connectivity index (χ0) is 12.1. The number of nitrogens with zero attached hydrogens (tertiary/aromatic N) is 1. The van der Waals surface area contributed by atoms with Crippen LogP contribution in [-0.4, -0.2) is 29.2 Å². The molecule has 1 aromatic rings. The standard InChI is InChI=1S/C11H16N2O3/c1-7(12)8(6-11(14)15)9-4-3-5-10(13-9)16-2/h3-5,7-8H,6,12H2,1-2H3,(H,14,15). The third-order valence-electron chi connectivity index (χ3n) is 2.36. The van der Waals surface area contributed by atoms with Crippen molar-refractivity contribution in [3.05, 3.63) is 23.9 Å². The van der Waals surface area contributed by atoms with Crippen molar-refractivity contribution in [3.63, 3.8) is 0 Å². The fourth-order valence-electron chi connectivity index (χ4n) is 1.50. The minimum atomic E-state index is -0.882. The highest BCUT2D eigenvalue weighted by Gasteiger charge is 2.21. The summed E-state index contributed by atoms with van der Waals surface area (Å²) in [4.78, 5) is 14.9. The molecule has 88 valence electrons. The largest absolute Gasteiger partial charge is 0.481 e. The number of methoxy groups -OCH3 is 1. The van der Waals surface area contributed by atoms with Crippen molar-refractivity contribution in [3.8, 4) is 5.88 Å². The lowest BCUT2D eigenvalue weighted by Gasteiger charge is -2.18. The summed E-state index contributed by atoms with van der Waals surface area (Å²) < 4.78 is 4.99. The lowest BCUT2D eigenvalue weighted by atomic mass is 9.94. The van der Waals surface area contributed by atoms with E-state index in [0.717, 1.165) is 0 Å². The van der Waals surface area contributed by atoms with Gasteiger partial charge in [-0.1, -0.05) is 6.07 Å². The fourth-order valence-corrected chi connectivity index (χ4v) is 1.50. The van der Waals surface area contributed by atoms with Crippen molar-refractivity contribution in [2.45, 2.75) is 25.3 Å². The normalized spacial score (nSPS) is 14.2. The molecule has 0 fully saturated rings. The Bertz CT molecular complexity index is 366. The SMILES string of the molecule is COc1cccc(C(CC(=O)O)C(C)N)n1. The molecule has 1 rings (SSSR count). The molecule has 0 aromatic carbocycles. The van der Waals surface area contributed by atoms with E-state index in [-0.39, 0.29) is 18.4 Å². The summed E-state index contributed by atoms with van der Waals surface area (Å²) in [5, 5.41) is 8.81. The molecule has 0 amide bonds. The summed E-state index contributed by atoms with van der Waals surface area (Å²) in [6, 6.07) is 4.98. The second-order valence-electron chi connectivity index (χ2n) is 3.67. The van der Waals surface area contributed by atoms with Crippen LogP contribution in [-0.2, 0) is 4.79 Å². The maximum atomic E-state index is 10.7. The summed E-state index contributed by atoms with van der Waals surface area (Å²) in [6.45, 7) is 1.77. The van der Waals surface area contributed by atoms with Crippen LogP contribution in [0.25, 0.3) is 0 Å². The molecular weight excluding hydrogens is 208 g/mol. The van der Waals surface area contributed by atoms with Crippen LogP contribution >= 0.6 is 0 Å². The van der Waals surface area contributed by atoms with Gasteiger partial charge in [0.25, 0.3) is 0 Å². The molecule has 5 heteroatoms. The van der Waals surface area contributed by atoms with E-state index in [1.807, 2.05) is 0 Å². The van der Waals surface area contributed by atoms with E-state index in [4.69, 9.17) is 15.6 Å². The van der Waals surface area contributed by atoms with Crippen LogP contribution in [0.4, 0.5) is 0 Å². The van der Waals surface area contributed by atoms with E-state index in [2.05, 4.69) is 4.98 Å². The predicted molar refractivity (Wildman–Crippen MR) is 59.4 cm³/mol. The molecule has 0 aliphatic heterocycles. The number of nitrogens with two attached hydrogens (primary N) is 1. The van der Waals surface area contributed by atoms with Gasteiger partial charge in [-0.2, -0.15) is 0 Å². The Morgan fingerprint density at radius 3 is 2.81 bits per heavy atom. The molecule has 0 aliphatic rings. The monoisotopic (exact) mass is 224 g/mol. The van der Waals surface area contributed by atoms with Gasteiger partial charge in [0.15, 0.2) is 0 Å². The van der Waals surface area contributed by atoms with E-state index in [0.29, 0.717) is 11.6 Å². The third-order valence-corrected chi connectivity index (χ3v) is 2.36. The highest BCUT2D eigenvalue weighted by Crippen LogP contribution is 2.22. The van der Waals surface area contributed by atoms with Crippen LogP contribution in [0, 0.1) is 0 Å². The molecular formula is C11H16N2O3. The molecule has 0 aliphatic carbocycles. The minimum absolute atomic E-state index is 0.0299. The lowest BCUT2D eigenvalue weighted by molar-refractivity contribution is -0.137. The first-order chi connectivity index (χ1) is 7.54. The Kier molecular flexibility index (Phi) is 4.25. The number of pyridine rings is 1. The van der Waals surface area contributed by atoms with Crippen LogP contribution in [0.1, 0.15) is 25.0 Å². The molecule has 1 heterocycles. The maximum Gasteiger partial charge on any atom is 0.304 e. The van der Waals surface area contributed by atoms with Crippen molar-refractivity contribution in [1.29, 1.82) is 0 Å². The third kappa shape index (κ3) is 3.20. The van der Waals surface area contributed by atoms with Gasteiger partial charge in [0.2, 0.25) is 5.88 Å². The van der Waals surface area contributed by atoms with Crippen molar-refractivity contribution < 1.29 is 14.6 Å². The number of carbonyl (C=O) groups is 1. The van der Waals surface area contributed by atoms with Crippen LogP contribution in [0.2, 0.25) is 0 Å². The smallest absolute Gasteiger partial charge is 0.304 e. The topological polar surface area (TPSA) is 85.4 Å². The molecule has 0 saturated heterocycles. The number of ether oxygens (including phenoxy) is 1. The number of carboxylic acid groups (broad SMARTS) is 1. The highest BCUT2D eigenvalue weighted by atomic mass is 16.5. The average molecular weight is 224 g/mol. The van der Waals surface area contributed by atoms with Gasteiger partial charge in [0.1, 0.15) is 0 Å². The molecule has 5 nitrogen and oxygen atoms in total. The van der Waals surface area contributed by atoms with Crippen molar-refractivity contribution in [2.24, 2.45) is 5.73 Å². The Morgan fingerprint density at radius 1 is 1.62 bits per heavy atom. The summed E-state index contributed by atoms with van der Waals surface area (Å²) in [5.41, 5.74) is 6.41. The molecule has 3 N–H and O–H groups in total. The second kappa shape index (κ2) is 5.46. The fraction of sp³-hybridized carbons (Fsp3) is 0.455. The molecule has 16 heavy (non-hydrogen) atoms. The van der Waals surface area contributed by atoms with E-state index < -0.39 is 5.97 Å². The van der Waals surface area contributed by atoms with Gasteiger partial charge in [-0.3, -0.25) is 4.79 Å². The van der Waals surface area contributed by atoms with Crippen molar-refractivity contribution >= 4 is 5.97 Å². The van der Waals surface area contributed by atoms with E-state index in [1.165, 1.54) is 7.11 Å². The Hall–Kier alpha value is -1.62. The Labute approximate surface area is 94.2 Å². The number of rotatable bonds is 5. The van der Waals surface area contributed by atoms with E-state index >= 15 is 0 Å². The molecule has 0 radical (unpaired) electrons.